The molecule has 1 aromatic heterocycles. The van der Waals surface area contributed by atoms with Crippen LogP contribution < -0.4 is 4.90 Å². The van der Waals surface area contributed by atoms with E-state index in [9.17, 15) is 0 Å². The SMILES string of the molecule is C=CCN(CCO)c1nnc(C)s1. The first-order valence-corrected chi connectivity index (χ1v) is 4.86. The molecule has 1 aromatic rings. The zero-order chi connectivity index (χ0) is 9.68. The molecule has 0 saturated heterocycles. The van der Waals surface area contributed by atoms with E-state index >= 15 is 0 Å². The summed E-state index contributed by atoms with van der Waals surface area (Å²) < 4.78 is 0. The summed E-state index contributed by atoms with van der Waals surface area (Å²) in [7, 11) is 0. The van der Waals surface area contributed by atoms with Gasteiger partial charge in [-0.25, -0.2) is 0 Å². The van der Waals surface area contributed by atoms with Crippen molar-refractivity contribution >= 4 is 16.5 Å². The normalized spacial score (nSPS) is 10.0. The lowest BCUT2D eigenvalue weighted by molar-refractivity contribution is 0.303. The first kappa shape index (κ1) is 10.1. The van der Waals surface area contributed by atoms with Gasteiger partial charge in [-0.3, -0.25) is 0 Å². The van der Waals surface area contributed by atoms with Gasteiger partial charge in [0.05, 0.1) is 6.61 Å². The van der Waals surface area contributed by atoms with Gasteiger partial charge in [-0.15, -0.1) is 16.8 Å². The molecule has 0 aliphatic heterocycles. The highest BCUT2D eigenvalue weighted by Crippen LogP contribution is 2.18. The molecular formula is C8H13N3OS. The summed E-state index contributed by atoms with van der Waals surface area (Å²) in [4.78, 5) is 1.94. The van der Waals surface area contributed by atoms with Gasteiger partial charge in [0.2, 0.25) is 5.13 Å². The van der Waals surface area contributed by atoms with Crippen molar-refractivity contribution in [2.45, 2.75) is 6.92 Å². The molecule has 72 valence electrons. The molecule has 13 heavy (non-hydrogen) atoms. The summed E-state index contributed by atoms with van der Waals surface area (Å²) >= 11 is 1.52. The molecule has 0 fully saturated rings. The first-order valence-electron chi connectivity index (χ1n) is 4.04. The van der Waals surface area contributed by atoms with E-state index in [0.717, 1.165) is 10.1 Å². The highest BCUT2D eigenvalue weighted by atomic mass is 32.1. The number of aliphatic hydroxyl groups excluding tert-OH is 1. The third kappa shape index (κ3) is 2.78. The third-order valence-electron chi connectivity index (χ3n) is 1.51. The fourth-order valence-corrected chi connectivity index (χ4v) is 1.68. The molecule has 0 atom stereocenters. The number of aromatic nitrogens is 2. The number of aryl methyl sites for hydroxylation is 1. The van der Waals surface area contributed by atoms with Crippen molar-refractivity contribution in [1.29, 1.82) is 0 Å². The fourth-order valence-electron chi connectivity index (χ4n) is 0.955. The minimum Gasteiger partial charge on any atom is -0.395 e. The Balaban J connectivity index is 2.68. The van der Waals surface area contributed by atoms with Gasteiger partial charge in [0.25, 0.3) is 0 Å². The standard InChI is InChI=1S/C8H13N3OS/c1-3-4-11(5-6-12)8-10-9-7(2)13-8/h3,12H,1,4-6H2,2H3. The van der Waals surface area contributed by atoms with Gasteiger partial charge in [0.15, 0.2) is 0 Å². The van der Waals surface area contributed by atoms with Crippen LogP contribution in [0.15, 0.2) is 12.7 Å². The second kappa shape index (κ2) is 4.94. The highest BCUT2D eigenvalue weighted by molar-refractivity contribution is 7.15. The van der Waals surface area contributed by atoms with Crippen LogP contribution in [-0.2, 0) is 0 Å². The van der Waals surface area contributed by atoms with E-state index in [1.165, 1.54) is 11.3 Å². The second-order valence-corrected chi connectivity index (χ2v) is 3.72. The molecule has 0 radical (unpaired) electrons. The molecule has 0 saturated carbocycles. The highest BCUT2D eigenvalue weighted by Gasteiger charge is 2.08. The molecule has 1 N–H and O–H groups in total. The second-order valence-electron chi connectivity index (χ2n) is 2.56. The Bertz CT molecular complexity index is 274. The predicted octanol–water partition coefficient (Wildman–Crippen LogP) is 0.831. The van der Waals surface area contributed by atoms with Crippen LogP contribution in [0.3, 0.4) is 0 Å². The summed E-state index contributed by atoms with van der Waals surface area (Å²) in [6, 6.07) is 0. The largest absolute Gasteiger partial charge is 0.395 e. The monoisotopic (exact) mass is 199 g/mol. The van der Waals surface area contributed by atoms with E-state index in [1.807, 2.05) is 11.8 Å². The molecule has 0 aliphatic rings. The summed E-state index contributed by atoms with van der Waals surface area (Å²) in [5, 5.41) is 18.5. The van der Waals surface area contributed by atoms with Crippen LogP contribution in [0.4, 0.5) is 5.13 Å². The molecule has 5 heteroatoms. The van der Waals surface area contributed by atoms with Gasteiger partial charge in [0, 0.05) is 13.1 Å². The molecule has 0 unspecified atom stereocenters. The lowest BCUT2D eigenvalue weighted by Gasteiger charge is -2.17. The fraction of sp³-hybridized carbons (Fsp3) is 0.500. The molecular weight excluding hydrogens is 186 g/mol. The van der Waals surface area contributed by atoms with Gasteiger partial charge in [-0.05, 0) is 6.92 Å². The zero-order valence-electron chi connectivity index (χ0n) is 7.60. The average molecular weight is 199 g/mol. The van der Waals surface area contributed by atoms with Gasteiger partial charge in [-0.2, -0.15) is 0 Å². The smallest absolute Gasteiger partial charge is 0.208 e. The average Bonchev–Trinajstić information content (AvgIpc) is 2.51. The quantitative estimate of drug-likeness (QED) is 0.714. The van der Waals surface area contributed by atoms with Gasteiger partial charge in [0.1, 0.15) is 5.01 Å². The maximum absolute atomic E-state index is 8.81. The number of hydrogen-bond acceptors (Lipinski definition) is 5. The molecule has 1 rings (SSSR count). The number of nitrogens with zero attached hydrogens (tertiary/aromatic N) is 3. The van der Waals surface area contributed by atoms with Crippen molar-refractivity contribution in [2.75, 3.05) is 24.6 Å². The van der Waals surface area contributed by atoms with E-state index < -0.39 is 0 Å². The molecule has 0 aromatic carbocycles. The lowest BCUT2D eigenvalue weighted by atomic mass is 10.5. The van der Waals surface area contributed by atoms with E-state index in [1.54, 1.807) is 6.08 Å². The van der Waals surface area contributed by atoms with Crippen LogP contribution in [0.2, 0.25) is 0 Å². The van der Waals surface area contributed by atoms with Gasteiger partial charge < -0.3 is 10.0 Å². The van der Waals surface area contributed by atoms with Crippen molar-refractivity contribution in [1.82, 2.24) is 10.2 Å². The van der Waals surface area contributed by atoms with Gasteiger partial charge >= 0.3 is 0 Å². The van der Waals surface area contributed by atoms with E-state index in [-0.39, 0.29) is 6.61 Å². The Hall–Kier alpha value is -0.940. The van der Waals surface area contributed by atoms with Crippen LogP contribution in [0.25, 0.3) is 0 Å². The summed E-state index contributed by atoms with van der Waals surface area (Å²) in [5.41, 5.74) is 0. The lowest BCUT2D eigenvalue weighted by Crippen LogP contribution is -2.26. The summed E-state index contributed by atoms with van der Waals surface area (Å²) in [6.07, 6.45) is 1.78. The number of anilines is 1. The van der Waals surface area contributed by atoms with Crippen LogP contribution in [0.1, 0.15) is 5.01 Å². The molecule has 0 amide bonds. The summed E-state index contributed by atoms with van der Waals surface area (Å²) in [6.45, 7) is 6.93. The molecule has 0 spiro atoms. The van der Waals surface area contributed by atoms with Crippen LogP contribution >= 0.6 is 11.3 Å². The Labute approximate surface area is 81.5 Å². The summed E-state index contributed by atoms with van der Waals surface area (Å²) in [5.74, 6) is 0. The van der Waals surface area contributed by atoms with Gasteiger partial charge in [-0.1, -0.05) is 17.4 Å². The Morgan fingerprint density at radius 2 is 2.38 bits per heavy atom. The minimum absolute atomic E-state index is 0.118. The van der Waals surface area contributed by atoms with Crippen LogP contribution in [0, 0.1) is 6.92 Å². The van der Waals surface area contributed by atoms with Crippen molar-refractivity contribution < 1.29 is 5.11 Å². The molecule has 1 heterocycles. The van der Waals surface area contributed by atoms with Crippen molar-refractivity contribution in [3.63, 3.8) is 0 Å². The maximum Gasteiger partial charge on any atom is 0.208 e. The molecule has 0 aliphatic carbocycles. The van der Waals surface area contributed by atoms with Crippen molar-refractivity contribution in [2.24, 2.45) is 0 Å². The number of aliphatic hydroxyl groups is 1. The Morgan fingerprint density at radius 1 is 1.62 bits per heavy atom. The molecule has 0 bridgehead atoms. The predicted molar refractivity (Wildman–Crippen MR) is 54.1 cm³/mol. The Kier molecular flexibility index (Phi) is 3.85. The van der Waals surface area contributed by atoms with E-state index in [4.69, 9.17) is 5.11 Å². The third-order valence-corrected chi connectivity index (χ3v) is 2.40. The van der Waals surface area contributed by atoms with E-state index in [2.05, 4.69) is 16.8 Å². The van der Waals surface area contributed by atoms with Crippen molar-refractivity contribution in [3.8, 4) is 0 Å². The van der Waals surface area contributed by atoms with Crippen molar-refractivity contribution in [3.05, 3.63) is 17.7 Å². The number of rotatable bonds is 5. The minimum atomic E-state index is 0.118. The topological polar surface area (TPSA) is 49.2 Å². The molecule has 4 nitrogen and oxygen atoms in total. The number of hydrogen-bond donors (Lipinski definition) is 1. The Morgan fingerprint density at radius 3 is 2.85 bits per heavy atom. The van der Waals surface area contributed by atoms with Crippen LogP contribution in [-0.4, -0.2) is 35.0 Å². The zero-order valence-corrected chi connectivity index (χ0v) is 8.42. The van der Waals surface area contributed by atoms with E-state index in [0.29, 0.717) is 13.1 Å². The maximum atomic E-state index is 8.81. The first-order chi connectivity index (χ1) is 6.27. The van der Waals surface area contributed by atoms with Crippen LogP contribution in [0.5, 0.6) is 0 Å².